The molecule has 2 aromatic rings. The van der Waals surface area contributed by atoms with Gasteiger partial charge in [-0.25, -0.2) is 8.78 Å². The first-order valence-electron chi connectivity index (χ1n) is 8.47. The molecule has 2 aromatic carbocycles. The number of carbonyl (C=O) groups excluding carboxylic acids is 1. The van der Waals surface area contributed by atoms with Crippen LogP contribution >= 0.6 is 0 Å². The maximum absolute atomic E-state index is 13.6. The number of anilines is 1. The van der Waals surface area contributed by atoms with Crippen molar-refractivity contribution in [3.05, 3.63) is 65.2 Å². The molecule has 134 valence electrons. The average molecular weight is 346 g/mol. The molecule has 0 heterocycles. The van der Waals surface area contributed by atoms with Crippen molar-refractivity contribution in [2.24, 2.45) is 5.92 Å². The quantitative estimate of drug-likeness (QED) is 0.777. The van der Waals surface area contributed by atoms with Gasteiger partial charge in [0.1, 0.15) is 11.6 Å². The zero-order chi connectivity index (χ0) is 18.4. The van der Waals surface area contributed by atoms with Crippen LogP contribution in [0.1, 0.15) is 37.9 Å². The van der Waals surface area contributed by atoms with E-state index in [9.17, 15) is 13.6 Å². The summed E-state index contributed by atoms with van der Waals surface area (Å²) in [6.07, 6.45) is 0.974. The molecule has 0 fully saturated rings. The molecule has 2 N–H and O–H groups in total. The van der Waals surface area contributed by atoms with E-state index < -0.39 is 17.5 Å². The van der Waals surface area contributed by atoms with Gasteiger partial charge in [0.25, 0.3) is 0 Å². The smallest absolute Gasteiger partial charge is 0.238 e. The summed E-state index contributed by atoms with van der Waals surface area (Å²) < 4.78 is 26.8. The minimum Gasteiger partial charge on any atom is -0.322 e. The van der Waals surface area contributed by atoms with Crippen molar-refractivity contribution >= 4 is 11.6 Å². The number of carbonyl (C=O) groups is 1. The molecule has 5 heteroatoms. The number of amides is 1. The molecule has 2 rings (SSSR count). The van der Waals surface area contributed by atoms with Gasteiger partial charge in [-0.15, -0.1) is 0 Å². The minimum absolute atomic E-state index is 0.00554. The molecule has 0 radical (unpaired) electrons. The van der Waals surface area contributed by atoms with Gasteiger partial charge in [0.05, 0.1) is 12.2 Å². The zero-order valence-electron chi connectivity index (χ0n) is 14.8. The second-order valence-corrected chi connectivity index (χ2v) is 6.37. The summed E-state index contributed by atoms with van der Waals surface area (Å²) in [4.78, 5) is 12.1. The van der Waals surface area contributed by atoms with Gasteiger partial charge in [-0.3, -0.25) is 4.79 Å². The molecule has 0 aliphatic heterocycles. The van der Waals surface area contributed by atoms with E-state index >= 15 is 0 Å². The standard InChI is InChI=1S/C20H24F2N2O/c1-4-14-5-7-15(8-6-14)20(13(2)3)23-12-19(25)24-18-11-16(21)9-10-17(18)22/h5-11,13,20,23H,4,12H2,1-3H3,(H,24,25)/t20-/m0/s1. The normalized spacial score (nSPS) is 12.2. The van der Waals surface area contributed by atoms with Crippen molar-refractivity contribution in [3.63, 3.8) is 0 Å². The Morgan fingerprint density at radius 3 is 2.36 bits per heavy atom. The number of rotatable bonds is 7. The summed E-state index contributed by atoms with van der Waals surface area (Å²) in [5, 5.41) is 5.60. The monoisotopic (exact) mass is 346 g/mol. The fraction of sp³-hybridized carbons (Fsp3) is 0.350. The molecule has 0 saturated heterocycles. The Hall–Kier alpha value is -2.27. The maximum atomic E-state index is 13.6. The number of hydrogen-bond acceptors (Lipinski definition) is 2. The van der Waals surface area contributed by atoms with Crippen LogP contribution in [0, 0.1) is 17.6 Å². The Labute approximate surface area is 147 Å². The lowest BCUT2D eigenvalue weighted by Crippen LogP contribution is -2.33. The first kappa shape index (κ1) is 19.1. The van der Waals surface area contributed by atoms with Crippen LogP contribution in [-0.2, 0) is 11.2 Å². The summed E-state index contributed by atoms with van der Waals surface area (Å²) in [6.45, 7) is 6.24. The van der Waals surface area contributed by atoms with Crippen molar-refractivity contribution in [1.82, 2.24) is 5.32 Å². The molecule has 3 nitrogen and oxygen atoms in total. The highest BCUT2D eigenvalue weighted by Gasteiger charge is 2.17. The average Bonchev–Trinajstić information content (AvgIpc) is 2.58. The molecular weight excluding hydrogens is 322 g/mol. The van der Waals surface area contributed by atoms with Gasteiger partial charge >= 0.3 is 0 Å². The molecule has 0 unspecified atom stereocenters. The topological polar surface area (TPSA) is 41.1 Å². The Balaban J connectivity index is 2.00. The largest absolute Gasteiger partial charge is 0.322 e. The van der Waals surface area contributed by atoms with Gasteiger partial charge in [-0.05, 0) is 35.6 Å². The number of aryl methyl sites for hydroxylation is 1. The third-order valence-corrected chi connectivity index (χ3v) is 4.10. The third-order valence-electron chi connectivity index (χ3n) is 4.10. The lowest BCUT2D eigenvalue weighted by atomic mass is 9.95. The SMILES string of the molecule is CCc1ccc([C@@H](NCC(=O)Nc2cc(F)ccc2F)C(C)C)cc1. The van der Waals surface area contributed by atoms with Gasteiger partial charge in [0, 0.05) is 12.1 Å². The Bertz CT molecular complexity index is 714. The van der Waals surface area contributed by atoms with Gasteiger partial charge in [0.2, 0.25) is 5.91 Å². The van der Waals surface area contributed by atoms with E-state index in [2.05, 4.69) is 55.7 Å². The summed E-state index contributed by atoms with van der Waals surface area (Å²) in [5.41, 5.74) is 2.20. The van der Waals surface area contributed by atoms with Crippen LogP contribution < -0.4 is 10.6 Å². The van der Waals surface area contributed by atoms with Crippen LogP contribution in [0.4, 0.5) is 14.5 Å². The highest BCUT2D eigenvalue weighted by Crippen LogP contribution is 2.22. The van der Waals surface area contributed by atoms with Gasteiger partial charge in [-0.1, -0.05) is 45.0 Å². The van der Waals surface area contributed by atoms with Crippen LogP contribution in [0.3, 0.4) is 0 Å². The van der Waals surface area contributed by atoms with Gasteiger partial charge < -0.3 is 10.6 Å². The van der Waals surface area contributed by atoms with Crippen molar-refractivity contribution in [2.45, 2.75) is 33.2 Å². The summed E-state index contributed by atoms with van der Waals surface area (Å²) in [6, 6.07) is 11.2. The van der Waals surface area contributed by atoms with Gasteiger partial charge in [0.15, 0.2) is 0 Å². The molecule has 0 aliphatic rings. The van der Waals surface area contributed by atoms with E-state index in [0.29, 0.717) is 0 Å². The summed E-state index contributed by atoms with van der Waals surface area (Å²) in [5.74, 6) is -1.41. The molecule has 1 amide bonds. The first-order chi connectivity index (χ1) is 11.9. The van der Waals surface area contributed by atoms with E-state index in [4.69, 9.17) is 0 Å². The number of halogens is 2. The van der Waals surface area contributed by atoms with E-state index in [1.807, 2.05) is 0 Å². The fourth-order valence-corrected chi connectivity index (χ4v) is 2.69. The van der Waals surface area contributed by atoms with Crippen LogP contribution in [0.15, 0.2) is 42.5 Å². The maximum Gasteiger partial charge on any atom is 0.238 e. The molecule has 0 saturated carbocycles. The van der Waals surface area contributed by atoms with Crippen molar-refractivity contribution in [3.8, 4) is 0 Å². The third kappa shape index (κ3) is 5.36. The number of hydrogen-bond donors (Lipinski definition) is 2. The van der Waals surface area contributed by atoms with E-state index in [-0.39, 0.29) is 24.2 Å². The number of benzene rings is 2. The Kier molecular flexibility index (Phi) is 6.65. The van der Waals surface area contributed by atoms with E-state index in [1.165, 1.54) is 5.56 Å². The molecule has 1 atom stereocenters. The Morgan fingerprint density at radius 2 is 1.76 bits per heavy atom. The van der Waals surface area contributed by atoms with Crippen LogP contribution in [0.25, 0.3) is 0 Å². The lowest BCUT2D eigenvalue weighted by molar-refractivity contribution is -0.115. The fourth-order valence-electron chi connectivity index (χ4n) is 2.69. The van der Waals surface area contributed by atoms with Crippen molar-refractivity contribution in [2.75, 3.05) is 11.9 Å². The Morgan fingerprint density at radius 1 is 1.08 bits per heavy atom. The number of nitrogens with one attached hydrogen (secondary N) is 2. The second kappa shape index (κ2) is 8.72. The van der Waals surface area contributed by atoms with Crippen LogP contribution in [-0.4, -0.2) is 12.5 Å². The lowest BCUT2D eigenvalue weighted by Gasteiger charge is -2.23. The zero-order valence-corrected chi connectivity index (χ0v) is 14.8. The molecular formula is C20H24F2N2O. The predicted molar refractivity (Wildman–Crippen MR) is 96.4 cm³/mol. The van der Waals surface area contributed by atoms with Crippen LogP contribution in [0.2, 0.25) is 0 Å². The van der Waals surface area contributed by atoms with E-state index in [1.54, 1.807) is 0 Å². The van der Waals surface area contributed by atoms with Gasteiger partial charge in [-0.2, -0.15) is 0 Å². The highest BCUT2D eigenvalue weighted by molar-refractivity contribution is 5.92. The second-order valence-electron chi connectivity index (χ2n) is 6.37. The predicted octanol–water partition coefficient (Wildman–Crippen LogP) is 4.45. The van der Waals surface area contributed by atoms with Crippen LogP contribution in [0.5, 0.6) is 0 Å². The van der Waals surface area contributed by atoms with Crippen molar-refractivity contribution < 1.29 is 13.6 Å². The molecule has 0 aromatic heterocycles. The minimum atomic E-state index is -0.662. The molecule has 0 spiro atoms. The summed E-state index contributed by atoms with van der Waals surface area (Å²) >= 11 is 0. The highest BCUT2D eigenvalue weighted by atomic mass is 19.1. The first-order valence-corrected chi connectivity index (χ1v) is 8.47. The summed E-state index contributed by atoms with van der Waals surface area (Å²) in [7, 11) is 0. The van der Waals surface area contributed by atoms with E-state index in [0.717, 1.165) is 30.2 Å². The van der Waals surface area contributed by atoms with Crippen molar-refractivity contribution in [1.29, 1.82) is 0 Å². The molecule has 25 heavy (non-hydrogen) atoms. The molecule has 0 aliphatic carbocycles. The molecule has 0 bridgehead atoms.